The molecule has 0 unspecified atom stereocenters. The molecule has 118 valence electrons. The maximum Gasteiger partial charge on any atom is 0.206 e. The minimum atomic E-state index is 0.552. The highest BCUT2D eigenvalue weighted by molar-refractivity contribution is 7.14. The fraction of sp³-hybridized carbons (Fsp3) is 0.0556. The highest BCUT2D eigenvalue weighted by Crippen LogP contribution is 2.25. The number of thiazole rings is 1. The zero-order chi connectivity index (χ0) is 16.8. The number of benzene rings is 1. The second-order valence-electron chi connectivity index (χ2n) is 4.80. The Labute approximate surface area is 148 Å². The Kier molecular flexibility index (Phi) is 5.16. The van der Waals surface area contributed by atoms with Crippen LogP contribution in [0.2, 0.25) is 0 Å². The van der Waals surface area contributed by atoms with Gasteiger partial charge < -0.3 is 0 Å². The third-order valence-electron chi connectivity index (χ3n) is 3.18. The first kappa shape index (κ1) is 16.1. The standard InChI is InChI=1S/C18H14N4S2/c1-2-9-20-18-22(16(13-24-18)17-4-3-10-23-17)21-12-15-7-5-14(11-19)6-8-15/h2-8,10,12-13H,1,9H2. The van der Waals surface area contributed by atoms with Crippen LogP contribution in [0.3, 0.4) is 0 Å². The molecule has 2 heterocycles. The fourth-order valence-corrected chi connectivity index (χ4v) is 3.66. The van der Waals surface area contributed by atoms with Crippen molar-refractivity contribution >= 4 is 28.9 Å². The molecule has 0 fully saturated rings. The summed E-state index contributed by atoms with van der Waals surface area (Å²) in [5.41, 5.74) is 2.58. The molecule has 0 bridgehead atoms. The molecule has 0 spiro atoms. The fourth-order valence-electron chi connectivity index (χ4n) is 2.02. The Bertz CT molecular complexity index is 952. The van der Waals surface area contributed by atoms with Crippen LogP contribution in [0.1, 0.15) is 11.1 Å². The minimum absolute atomic E-state index is 0.552. The minimum Gasteiger partial charge on any atom is -0.253 e. The summed E-state index contributed by atoms with van der Waals surface area (Å²) in [6.07, 6.45) is 3.54. The average Bonchev–Trinajstić information content (AvgIpc) is 3.28. The molecule has 3 rings (SSSR count). The zero-order valence-electron chi connectivity index (χ0n) is 12.8. The number of thiophene rings is 1. The van der Waals surface area contributed by atoms with Crippen LogP contribution in [-0.2, 0) is 0 Å². The van der Waals surface area contributed by atoms with Crippen molar-refractivity contribution in [3.8, 4) is 16.6 Å². The van der Waals surface area contributed by atoms with Crippen LogP contribution in [0.5, 0.6) is 0 Å². The molecule has 0 saturated carbocycles. The Morgan fingerprint density at radius 3 is 2.71 bits per heavy atom. The van der Waals surface area contributed by atoms with Crippen molar-refractivity contribution in [1.82, 2.24) is 4.68 Å². The van der Waals surface area contributed by atoms with Crippen molar-refractivity contribution in [2.45, 2.75) is 0 Å². The van der Waals surface area contributed by atoms with Crippen molar-refractivity contribution in [1.29, 1.82) is 5.26 Å². The van der Waals surface area contributed by atoms with Crippen molar-refractivity contribution < 1.29 is 0 Å². The molecule has 4 nitrogen and oxygen atoms in total. The average molecular weight is 350 g/mol. The number of hydrogen-bond acceptors (Lipinski definition) is 5. The third-order valence-corrected chi connectivity index (χ3v) is 4.92. The Morgan fingerprint density at radius 2 is 2.04 bits per heavy atom. The second kappa shape index (κ2) is 7.68. The number of nitrogens with zero attached hydrogens (tertiary/aromatic N) is 4. The Hall–Kier alpha value is -2.75. The summed E-state index contributed by atoms with van der Waals surface area (Å²) in [5, 5.41) is 17.6. The largest absolute Gasteiger partial charge is 0.253 e. The van der Waals surface area contributed by atoms with Gasteiger partial charge in [-0.15, -0.1) is 29.3 Å². The third kappa shape index (κ3) is 3.59. The van der Waals surface area contributed by atoms with Crippen molar-refractivity contribution in [3.63, 3.8) is 0 Å². The Morgan fingerprint density at radius 1 is 1.21 bits per heavy atom. The van der Waals surface area contributed by atoms with E-state index in [2.05, 4.69) is 34.2 Å². The van der Waals surface area contributed by atoms with E-state index in [1.54, 1.807) is 47.1 Å². The number of aromatic nitrogens is 1. The van der Waals surface area contributed by atoms with Crippen LogP contribution in [0.4, 0.5) is 0 Å². The molecule has 0 saturated heterocycles. The summed E-state index contributed by atoms with van der Waals surface area (Å²) in [7, 11) is 0. The lowest BCUT2D eigenvalue weighted by Crippen LogP contribution is -2.12. The van der Waals surface area contributed by atoms with E-state index < -0.39 is 0 Å². The van der Waals surface area contributed by atoms with Gasteiger partial charge in [0.15, 0.2) is 0 Å². The molecule has 0 amide bonds. The summed E-state index contributed by atoms with van der Waals surface area (Å²) >= 11 is 3.22. The van der Waals surface area contributed by atoms with Gasteiger partial charge in [-0.2, -0.15) is 10.4 Å². The number of nitriles is 1. The summed E-state index contributed by atoms with van der Waals surface area (Å²) < 4.78 is 1.85. The van der Waals surface area contributed by atoms with Crippen molar-refractivity contribution in [3.05, 3.63) is 75.7 Å². The predicted molar refractivity (Wildman–Crippen MR) is 100 cm³/mol. The highest BCUT2D eigenvalue weighted by Gasteiger charge is 2.07. The van der Waals surface area contributed by atoms with E-state index in [9.17, 15) is 0 Å². The lowest BCUT2D eigenvalue weighted by molar-refractivity contribution is 0.842. The zero-order valence-corrected chi connectivity index (χ0v) is 14.4. The number of rotatable bonds is 5. The van der Waals surface area contributed by atoms with Crippen LogP contribution < -0.4 is 4.80 Å². The van der Waals surface area contributed by atoms with Gasteiger partial charge in [-0.25, -0.2) is 4.68 Å². The van der Waals surface area contributed by atoms with Crippen LogP contribution in [0.15, 0.2) is 69.9 Å². The van der Waals surface area contributed by atoms with Gasteiger partial charge in [0, 0.05) is 5.38 Å². The molecule has 0 radical (unpaired) electrons. The molecule has 0 N–H and O–H groups in total. The maximum absolute atomic E-state index is 8.86. The highest BCUT2D eigenvalue weighted by atomic mass is 32.1. The smallest absolute Gasteiger partial charge is 0.206 e. The first-order valence-electron chi connectivity index (χ1n) is 7.22. The molecular formula is C18H14N4S2. The lowest BCUT2D eigenvalue weighted by Gasteiger charge is -2.01. The SMILES string of the molecule is C=CCN=c1scc(-c2cccs2)n1N=Cc1ccc(C#N)cc1. The molecule has 1 aromatic carbocycles. The van der Waals surface area contributed by atoms with E-state index in [1.165, 1.54) is 0 Å². The molecule has 6 heteroatoms. The van der Waals surface area contributed by atoms with Gasteiger partial charge in [0.1, 0.15) is 0 Å². The number of hydrogen-bond donors (Lipinski definition) is 0. The molecule has 0 atom stereocenters. The predicted octanol–water partition coefficient (Wildman–Crippen LogP) is 4.12. The topological polar surface area (TPSA) is 53.4 Å². The summed E-state index contributed by atoms with van der Waals surface area (Å²) in [6.45, 7) is 4.26. The van der Waals surface area contributed by atoms with Gasteiger partial charge >= 0.3 is 0 Å². The van der Waals surface area contributed by atoms with E-state index in [1.807, 2.05) is 28.3 Å². The molecule has 2 aromatic heterocycles. The molecule has 0 aliphatic carbocycles. The van der Waals surface area contributed by atoms with E-state index in [4.69, 9.17) is 5.26 Å². The molecular weight excluding hydrogens is 336 g/mol. The van der Waals surface area contributed by atoms with Gasteiger partial charge in [-0.1, -0.05) is 24.3 Å². The summed E-state index contributed by atoms with van der Waals surface area (Å²) in [4.78, 5) is 6.47. The first-order chi connectivity index (χ1) is 11.8. The van der Waals surface area contributed by atoms with Gasteiger partial charge in [-0.3, -0.25) is 4.99 Å². The molecule has 0 aliphatic heterocycles. The van der Waals surface area contributed by atoms with Crippen LogP contribution in [0.25, 0.3) is 10.6 Å². The van der Waals surface area contributed by atoms with E-state index in [0.29, 0.717) is 12.1 Å². The quantitative estimate of drug-likeness (QED) is 0.504. The van der Waals surface area contributed by atoms with Crippen LogP contribution in [0, 0.1) is 11.3 Å². The monoisotopic (exact) mass is 350 g/mol. The molecule has 24 heavy (non-hydrogen) atoms. The second-order valence-corrected chi connectivity index (χ2v) is 6.58. The van der Waals surface area contributed by atoms with E-state index in [-0.39, 0.29) is 0 Å². The normalized spacial score (nSPS) is 11.7. The summed E-state index contributed by atoms with van der Waals surface area (Å²) in [5.74, 6) is 0. The first-order valence-corrected chi connectivity index (χ1v) is 8.98. The molecule has 3 aromatic rings. The van der Waals surface area contributed by atoms with E-state index in [0.717, 1.165) is 20.9 Å². The summed E-state index contributed by atoms with van der Waals surface area (Å²) in [6, 6.07) is 13.5. The van der Waals surface area contributed by atoms with Gasteiger partial charge in [0.2, 0.25) is 4.80 Å². The lowest BCUT2D eigenvalue weighted by atomic mass is 10.2. The van der Waals surface area contributed by atoms with Crippen LogP contribution in [-0.4, -0.2) is 17.4 Å². The maximum atomic E-state index is 8.86. The van der Waals surface area contributed by atoms with E-state index >= 15 is 0 Å². The van der Waals surface area contributed by atoms with Gasteiger partial charge in [0.25, 0.3) is 0 Å². The van der Waals surface area contributed by atoms with Gasteiger partial charge in [-0.05, 0) is 29.1 Å². The Balaban J connectivity index is 2.01. The van der Waals surface area contributed by atoms with Crippen molar-refractivity contribution in [2.75, 3.05) is 6.54 Å². The van der Waals surface area contributed by atoms with Crippen molar-refractivity contribution in [2.24, 2.45) is 10.1 Å². The van der Waals surface area contributed by atoms with Gasteiger partial charge in [0.05, 0.1) is 35.0 Å². The molecule has 0 aliphatic rings. The van der Waals surface area contributed by atoms with Crippen LogP contribution >= 0.6 is 22.7 Å².